The van der Waals surface area contributed by atoms with Gasteiger partial charge in [-0.05, 0) is 327 Å². The molecule has 3 aliphatic carbocycles. The van der Waals surface area contributed by atoms with Gasteiger partial charge in [-0.2, -0.15) is 0 Å². The molecule has 0 unspecified atom stereocenters. The summed E-state index contributed by atoms with van der Waals surface area (Å²) in [6, 6.07) is 20.7. The van der Waals surface area contributed by atoms with Gasteiger partial charge in [0.2, 0.25) is 17.7 Å². The van der Waals surface area contributed by atoms with Crippen molar-refractivity contribution < 1.29 is 28.7 Å². The summed E-state index contributed by atoms with van der Waals surface area (Å²) in [5, 5.41) is 5.68. The lowest BCUT2D eigenvalue weighted by Gasteiger charge is -2.38. The van der Waals surface area contributed by atoms with Gasteiger partial charge >= 0.3 is 12.1 Å². The number of alkyl halides is 1. The molecule has 0 radical (unpaired) electrons. The average Bonchev–Trinajstić information content (AvgIpc) is 1.52. The second kappa shape index (κ2) is 39.1. The van der Waals surface area contributed by atoms with Gasteiger partial charge in [0.1, 0.15) is 5.60 Å². The first kappa shape index (κ1) is 85.1. The van der Waals surface area contributed by atoms with E-state index < -0.39 is 5.60 Å². The number of hydrogen-bond donors (Lipinski definition) is 2. The zero-order chi connectivity index (χ0) is 78.1. The lowest BCUT2D eigenvalue weighted by atomic mass is 9.76. The van der Waals surface area contributed by atoms with E-state index in [4.69, 9.17) is 60.2 Å². The molecule has 0 bridgehead atoms. The number of piperidine rings is 6. The molecule has 9 heterocycles. The molecule has 6 saturated heterocycles. The average molecular weight is 1950 g/mol. The van der Waals surface area contributed by atoms with E-state index >= 15 is 0 Å². The summed E-state index contributed by atoms with van der Waals surface area (Å²) < 4.78 is 10.7. The van der Waals surface area contributed by atoms with Crippen LogP contribution in [0, 0.1) is 35.5 Å². The SMILES string of the molecule is CBr.CC(C)(C)OC(=O)N1CCC(CC(=O)N2CCC([C@H]3c4ncccc4CCc4cc(Cl)cc(Br)c43)CC2)CC1.NC(=O)N1CCC(CC(=O)N2CCC([C@H]3c4ncc(Br)cc4CCc4cc(Cl)cc(Br)c43)CC2)CC1.O=C(CC1CCNCC1)N1CCC([C@H]2c3ncc(Br)cc3CCc3cc(Cl)cc(Br)c32)CC1. The number of nitrogens with zero attached hydrogens (tertiary/aromatic N) is 8. The number of fused-ring (bicyclic) bond motifs is 6. The van der Waals surface area contributed by atoms with Crippen molar-refractivity contribution >= 4 is 160 Å². The summed E-state index contributed by atoms with van der Waals surface area (Å²) in [5.41, 5.74) is 20.2. The van der Waals surface area contributed by atoms with Crippen LogP contribution in [0.5, 0.6) is 0 Å². The Morgan fingerprint density at radius 3 is 1.14 bits per heavy atom. The van der Waals surface area contributed by atoms with Crippen molar-refractivity contribution in [3.8, 4) is 0 Å². The van der Waals surface area contributed by atoms with Gasteiger partial charge in [0.15, 0.2) is 0 Å². The highest BCUT2D eigenvalue weighted by Crippen LogP contribution is 2.50. The lowest BCUT2D eigenvalue weighted by molar-refractivity contribution is -0.134. The normalized spacial score (nSPS) is 20.8. The van der Waals surface area contributed by atoms with Crippen LogP contribution in [-0.2, 0) is 57.6 Å². The Kier molecular flexibility index (Phi) is 30.3. The van der Waals surface area contributed by atoms with Crippen molar-refractivity contribution in [1.82, 2.24) is 44.8 Å². The molecule has 3 N–H and O–H groups in total. The predicted octanol–water partition coefficient (Wildman–Crippen LogP) is 20.0. The van der Waals surface area contributed by atoms with Crippen molar-refractivity contribution in [1.29, 1.82) is 0 Å². The van der Waals surface area contributed by atoms with E-state index in [1.54, 1.807) is 9.80 Å². The van der Waals surface area contributed by atoms with Crippen LogP contribution in [0.25, 0.3) is 0 Å². The number of aromatic nitrogens is 3. The number of likely N-dealkylation sites (tertiary alicyclic amines) is 5. The van der Waals surface area contributed by atoms with Crippen LogP contribution < -0.4 is 11.1 Å². The number of benzene rings is 3. The number of nitrogens with one attached hydrogen (secondary N) is 1. The molecule has 6 fully saturated rings. The van der Waals surface area contributed by atoms with Gasteiger partial charge in [-0.25, -0.2) is 9.59 Å². The highest BCUT2D eigenvalue weighted by molar-refractivity contribution is 9.11. The zero-order valence-electron chi connectivity index (χ0n) is 63.5. The van der Waals surface area contributed by atoms with E-state index in [9.17, 15) is 24.0 Å². The maximum absolute atomic E-state index is 13.3. The molecule has 0 spiro atoms. The summed E-state index contributed by atoms with van der Waals surface area (Å²) in [5.74, 6) is 5.68. The van der Waals surface area contributed by atoms with E-state index in [-0.39, 0.29) is 41.7 Å². The minimum absolute atomic E-state index is 0.174. The number of carbonyl (C=O) groups is 5. The standard InChI is InChI=1S/C31H39BrClN3O3.C27H31Br2ClN4O2.C26H30Br2ClN3O.CH3Br/c1-31(2,3)39-30(38)36-13-8-20(9-14-36)17-26(37)35-15-10-21(11-16-35)28-27-23(18-24(33)19-25(27)32)7-6-22-5-4-12-34-29(22)28;28-20-12-19-2-1-18-13-21(30)14-22(29)24(18)25(26(19)32-15-20)17-5-9-33(10-6-17)23(35)11-16-3-7-34(8-4-16)27(31)36;27-20-12-19-2-1-18-13-21(29)14-22(28)24(18)25(26(19)31-15-20)17-5-9-32(10-6-17)23(33)11-16-3-7-30-8-4-16;1-2/h4-5,12,18-21,28H,6-11,13-17H2,1-3H3;12-17,25H,1-11H2,(H2,31,36);12-17,25,30H,1-11H2;1H3/t28-;2*25-;/m111./s1. The number of amides is 6. The van der Waals surface area contributed by atoms with Crippen molar-refractivity contribution in [2.45, 2.75) is 179 Å². The van der Waals surface area contributed by atoms with Crippen molar-refractivity contribution in [3.63, 3.8) is 0 Å². The Morgan fingerprint density at radius 1 is 0.445 bits per heavy atom. The molecule has 592 valence electrons. The minimum atomic E-state index is -0.490. The zero-order valence-corrected chi connectivity index (χ0v) is 75.3. The largest absolute Gasteiger partial charge is 0.444 e. The van der Waals surface area contributed by atoms with Crippen LogP contribution >= 0.6 is 130 Å². The highest BCUT2D eigenvalue weighted by atomic mass is 79.9. The minimum Gasteiger partial charge on any atom is -0.444 e. The quantitative estimate of drug-likeness (QED) is 0.132. The molecule has 9 aliphatic rings. The van der Waals surface area contributed by atoms with E-state index in [0.29, 0.717) is 86.9 Å². The first-order valence-electron chi connectivity index (χ1n) is 39.5. The third-order valence-corrected chi connectivity index (χ3v) is 27.8. The van der Waals surface area contributed by atoms with Gasteiger partial charge in [0.05, 0.1) is 17.1 Å². The summed E-state index contributed by atoms with van der Waals surface area (Å²) in [4.78, 5) is 87.6. The van der Waals surface area contributed by atoms with Gasteiger partial charge in [-0.15, -0.1) is 0 Å². The van der Waals surface area contributed by atoms with Crippen LogP contribution in [0.4, 0.5) is 9.59 Å². The predicted molar refractivity (Wildman–Crippen MR) is 460 cm³/mol. The van der Waals surface area contributed by atoms with Gasteiger partial charge < -0.3 is 40.3 Å². The number of nitrogens with two attached hydrogens (primary N) is 1. The van der Waals surface area contributed by atoms with E-state index in [1.807, 2.05) is 74.4 Å². The molecule has 6 aromatic rings. The third-order valence-electron chi connectivity index (χ3n) is 24.3. The fourth-order valence-corrected chi connectivity index (χ4v) is 22.8. The van der Waals surface area contributed by atoms with E-state index in [1.165, 1.54) is 61.5 Å². The van der Waals surface area contributed by atoms with Crippen LogP contribution in [0.2, 0.25) is 15.1 Å². The molecule has 6 aliphatic heterocycles. The molecule has 3 atom stereocenters. The molecular formula is C85H103Br6Cl3N10O6. The smallest absolute Gasteiger partial charge is 0.410 e. The Bertz CT molecular complexity index is 4260. The molecule has 110 heavy (non-hydrogen) atoms. The summed E-state index contributed by atoms with van der Waals surface area (Å²) in [7, 11) is 0. The number of urea groups is 1. The number of primary amides is 1. The van der Waals surface area contributed by atoms with Gasteiger partial charge in [-0.3, -0.25) is 29.3 Å². The van der Waals surface area contributed by atoms with Crippen LogP contribution in [-0.4, -0.2) is 159 Å². The number of pyridine rings is 3. The van der Waals surface area contributed by atoms with E-state index in [2.05, 4.69) is 147 Å². The Balaban J connectivity index is 0.000000152. The number of rotatable bonds is 9. The molecule has 0 saturated carbocycles. The third kappa shape index (κ3) is 21.3. The second-order valence-corrected chi connectivity index (χ2v) is 38.1. The maximum Gasteiger partial charge on any atom is 0.410 e. The Hall–Kier alpha value is -4.23. The van der Waals surface area contributed by atoms with Crippen LogP contribution in [0.1, 0.15) is 202 Å². The fraction of sp³-hybridized carbons (Fsp3) is 0.553. The number of halogens is 9. The topological polar surface area (TPSA) is 188 Å². The molecular weight excluding hydrogens is 1840 g/mol. The van der Waals surface area contributed by atoms with Crippen molar-refractivity contribution in [3.05, 3.63) is 184 Å². The molecule has 16 nitrogen and oxygen atoms in total. The van der Waals surface area contributed by atoms with Crippen molar-refractivity contribution in [2.75, 3.05) is 84.4 Å². The van der Waals surface area contributed by atoms with Crippen molar-refractivity contribution in [2.24, 2.45) is 41.2 Å². The first-order valence-corrected chi connectivity index (χ1v) is 46.2. The first-order chi connectivity index (χ1) is 52.9. The summed E-state index contributed by atoms with van der Waals surface area (Å²) in [6.45, 7) is 15.1. The maximum atomic E-state index is 13.3. The monoisotopic (exact) mass is 1940 g/mol. The molecule has 15 rings (SSSR count). The molecule has 3 aromatic heterocycles. The van der Waals surface area contributed by atoms with Crippen LogP contribution in [0.15, 0.2) is 102 Å². The van der Waals surface area contributed by atoms with Crippen LogP contribution in [0.3, 0.4) is 0 Å². The molecule has 3 aromatic carbocycles. The van der Waals surface area contributed by atoms with E-state index in [0.717, 1.165) is 211 Å². The highest BCUT2D eigenvalue weighted by Gasteiger charge is 2.42. The molecule has 6 amide bonds. The summed E-state index contributed by atoms with van der Waals surface area (Å²) >= 11 is 41.0. The number of aryl methyl sites for hydroxylation is 6. The number of ether oxygens (including phenoxy) is 1. The Morgan fingerprint density at radius 2 is 0.773 bits per heavy atom. The fourth-order valence-electron chi connectivity index (χ4n) is 18.7. The molecule has 25 heteroatoms. The van der Waals surface area contributed by atoms with Gasteiger partial charge in [0.25, 0.3) is 0 Å². The lowest BCUT2D eigenvalue weighted by Crippen LogP contribution is -2.44. The van der Waals surface area contributed by atoms with Gasteiger partial charge in [-0.1, -0.05) is 105 Å². The van der Waals surface area contributed by atoms with Gasteiger partial charge in [0, 0.05) is 158 Å². The summed E-state index contributed by atoms with van der Waals surface area (Å²) in [6.07, 6.45) is 24.5. The number of carbonyl (C=O) groups excluding carboxylic acids is 5. The second-order valence-electron chi connectivity index (χ2n) is 32.4. The Labute approximate surface area is 715 Å². The number of hydrogen-bond acceptors (Lipinski definition) is 10.